The average Bonchev–Trinajstić information content (AvgIpc) is 3.39. The van der Waals surface area contributed by atoms with E-state index in [2.05, 4.69) is 15.2 Å². The number of carbonyl (C=O) groups excluding carboxylic acids is 1. The van der Waals surface area contributed by atoms with Gasteiger partial charge in [-0.15, -0.1) is 0 Å². The minimum atomic E-state index is -3.90. The van der Waals surface area contributed by atoms with Crippen LogP contribution in [0.15, 0.2) is 33.7 Å². The largest absolute Gasteiger partial charge is 0.481 e. The molecule has 160 valence electrons. The van der Waals surface area contributed by atoms with Gasteiger partial charge in [-0.3, -0.25) is 9.59 Å². The van der Waals surface area contributed by atoms with Crippen LogP contribution in [-0.4, -0.2) is 42.8 Å². The van der Waals surface area contributed by atoms with Crippen LogP contribution in [0.3, 0.4) is 0 Å². The van der Waals surface area contributed by atoms with Crippen LogP contribution in [0.5, 0.6) is 0 Å². The predicted octanol–water partition coefficient (Wildman–Crippen LogP) is 1.91. The highest BCUT2D eigenvalue weighted by Gasteiger charge is 2.55. The molecule has 3 heterocycles. The molecule has 11 heteroatoms. The van der Waals surface area contributed by atoms with E-state index in [1.54, 1.807) is 13.8 Å². The highest BCUT2D eigenvalue weighted by atomic mass is 32.2. The quantitative estimate of drug-likeness (QED) is 0.623. The van der Waals surface area contributed by atoms with Gasteiger partial charge in [0.1, 0.15) is 0 Å². The molecule has 3 N–H and O–H groups in total. The molecule has 2 saturated heterocycles. The van der Waals surface area contributed by atoms with Crippen molar-refractivity contribution in [1.82, 2.24) is 5.16 Å². The van der Waals surface area contributed by atoms with Crippen LogP contribution in [0.2, 0.25) is 0 Å². The van der Waals surface area contributed by atoms with E-state index in [4.69, 9.17) is 9.26 Å². The second-order valence-electron chi connectivity index (χ2n) is 7.52. The Kier molecular flexibility index (Phi) is 5.02. The first-order valence-corrected chi connectivity index (χ1v) is 10.9. The van der Waals surface area contributed by atoms with Crippen LogP contribution in [0.4, 0.5) is 11.6 Å². The summed E-state index contributed by atoms with van der Waals surface area (Å²) < 4.78 is 38.0. The van der Waals surface area contributed by atoms with E-state index in [0.717, 1.165) is 0 Å². The number of aromatic nitrogens is 1. The first-order chi connectivity index (χ1) is 14.2. The Morgan fingerprint density at radius 2 is 1.73 bits per heavy atom. The van der Waals surface area contributed by atoms with Gasteiger partial charge < -0.3 is 19.7 Å². The first kappa shape index (κ1) is 20.4. The number of amides is 1. The van der Waals surface area contributed by atoms with Gasteiger partial charge in [-0.1, -0.05) is 5.16 Å². The fourth-order valence-electron chi connectivity index (χ4n) is 3.96. The number of carboxylic acids is 1. The molecule has 0 aliphatic carbocycles. The highest BCUT2D eigenvalue weighted by molar-refractivity contribution is 7.92. The maximum absolute atomic E-state index is 12.7. The van der Waals surface area contributed by atoms with Gasteiger partial charge in [0.05, 0.1) is 34.6 Å². The maximum Gasteiger partial charge on any atom is 0.310 e. The lowest BCUT2D eigenvalue weighted by Crippen LogP contribution is -2.40. The van der Waals surface area contributed by atoms with Crippen LogP contribution in [-0.2, 0) is 24.3 Å². The van der Waals surface area contributed by atoms with Crippen molar-refractivity contribution in [1.29, 1.82) is 0 Å². The average molecular weight is 435 g/mol. The summed E-state index contributed by atoms with van der Waals surface area (Å²) in [6.45, 7) is 3.39. The van der Waals surface area contributed by atoms with Crippen molar-refractivity contribution in [3.63, 3.8) is 0 Å². The molecule has 1 aromatic carbocycles. The van der Waals surface area contributed by atoms with Gasteiger partial charge in [0, 0.05) is 11.3 Å². The lowest BCUT2D eigenvalue weighted by atomic mass is 9.78. The summed E-state index contributed by atoms with van der Waals surface area (Å²) in [6, 6.07) is 5.55. The summed E-state index contributed by atoms with van der Waals surface area (Å²) >= 11 is 0. The molecule has 2 aliphatic rings. The molecule has 0 radical (unpaired) electrons. The molecule has 1 amide bonds. The zero-order valence-corrected chi connectivity index (χ0v) is 17.1. The van der Waals surface area contributed by atoms with E-state index in [1.807, 2.05) is 0 Å². The zero-order chi connectivity index (χ0) is 21.6. The predicted molar refractivity (Wildman–Crippen MR) is 104 cm³/mol. The Morgan fingerprint density at radius 3 is 2.30 bits per heavy atom. The molecule has 2 fully saturated rings. The normalized spacial score (nSPS) is 25.3. The second kappa shape index (κ2) is 7.40. The van der Waals surface area contributed by atoms with E-state index >= 15 is 0 Å². The van der Waals surface area contributed by atoms with Gasteiger partial charge in [-0.05, 0) is 51.0 Å². The monoisotopic (exact) mass is 435 g/mol. The lowest BCUT2D eigenvalue weighted by Gasteiger charge is -2.23. The number of carboxylic acid groups (broad SMARTS) is 1. The topological polar surface area (TPSA) is 148 Å². The molecule has 1 aromatic heterocycles. The number of ether oxygens (including phenoxy) is 1. The molecule has 2 bridgehead atoms. The summed E-state index contributed by atoms with van der Waals surface area (Å²) in [6.07, 6.45) is 0.434. The summed E-state index contributed by atoms with van der Waals surface area (Å²) in [5.41, 5.74) is 1.52. The van der Waals surface area contributed by atoms with Crippen molar-refractivity contribution in [3.05, 3.63) is 35.5 Å². The third kappa shape index (κ3) is 3.54. The Hall–Kier alpha value is -2.92. The standard InChI is InChI=1S/C19H21N3O7S/c1-9-10(2)21-29-18(9)22-30(26,27)12-5-3-11(4-6-12)20-17(23)15-13-7-8-14(28-13)16(15)19(24)25/h3-6,13-16,22H,7-8H2,1-2H3,(H,20,23)(H,24,25)/t13-,14-,15+,16-/m1/s1. The number of aryl methyl sites for hydroxylation is 1. The summed E-state index contributed by atoms with van der Waals surface area (Å²) in [4.78, 5) is 24.2. The van der Waals surface area contributed by atoms with Gasteiger partial charge in [-0.2, -0.15) is 0 Å². The molecule has 4 rings (SSSR count). The van der Waals surface area contributed by atoms with E-state index in [1.165, 1.54) is 24.3 Å². The van der Waals surface area contributed by atoms with E-state index in [0.29, 0.717) is 29.8 Å². The molecule has 0 spiro atoms. The smallest absolute Gasteiger partial charge is 0.310 e. The minimum absolute atomic E-state index is 0.0272. The van der Waals surface area contributed by atoms with Crippen molar-refractivity contribution in [2.24, 2.45) is 11.8 Å². The van der Waals surface area contributed by atoms with Crippen molar-refractivity contribution >= 4 is 33.5 Å². The lowest BCUT2D eigenvalue weighted by molar-refractivity contribution is -0.147. The Bertz CT molecular complexity index is 1090. The first-order valence-electron chi connectivity index (χ1n) is 9.42. The molecular formula is C19H21N3O7S. The second-order valence-corrected chi connectivity index (χ2v) is 9.20. The number of anilines is 2. The number of rotatable bonds is 6. The van der Waals surface area contributed by atoms with Crippen molar-refractivity contribution in [2.75, 3.05) is 10.0 Å². The minimum Gasteiger partial charge on any atom is -0.481 e. The third-order valence-corrected chi connectivity index (χ3v) is 7.02. The SMILES string of the molecule is Cc1noc(NS(=O)(=O)c2ccc(NC(=O)[C@@H]3[C@H](C(=O)O)[C@H]4CC[C@H]3O4)cc2)c1C. The Balaban J connectivity index is 1.46. The summed E-state index contributed by atoms with van der Waals surface area (Å²) in [7, 11) is -3.90. The van der Waals surface area contributed by atoms with Gasteiger partial charge in [0.15, 0.2) is 0 Å². The van der Waals surface area contributed by atoms with Gasteiger partial charge in [-0.25, -0.2) is 13.1 Å². The van der Waals surface area contributed by atoms with E-state index < -0.39 is 45.9 Å². The summed E-state index contributed by atoms with van der Waals surface area (Å²) in [5, 5.41) is 15.8. The molecule has 2 aromatic rings. The number of sulfonamides is 1. The van der Waals surface area contributed by atoms with Crippen LogP contribution in [0.1, 0.15) is 24.1 Å². The molecule has 10 nitrogen and oxygen atoms in total. The number of nitrogens with one attached hydrogen (secondary N) is 2. The molecule has 30 heavy (non-hydrogen) atoms. The summed E-state index contributed by atoms with van der Waals surface area (Å²) in [5.74, 6) is -3.10. The number of fused-ring (bicyclic) bond motifs is 2. The van der Waals surface area contributed by atoms with Gasteiger partial charge in [0.25, 0.3) is 10.0 Å². The number of aliphatic carboxylic acids is 1. The molecule has 2 aliphatic heterocycles. The number of hydrogen-bond acceptors (Lipinski definition) is 7. The van der Waals surface area contributed by atoms with Gasteiger partial charge >= 0.3 is 5.97 Å². The number of hydrogen-bond donors (Lipinski definition) is 3. The molecule has 4 atom stereocenters. The van der Waals surface area contributed by atoms with Crippen molar-refractivity contribution < 1.29 is 32.4 Å². The highest BCUT2D eigenvalue weighted by Crippen LogP contribution is 2.44. The Labute approximate surface area is 172 Å². The van der Waals surface area contributed by atoms with Crippen LogP contribution < -0.4 is 10.0 Å². The van der Waals surface area contributed by atoms with E-state index in [9.17, 15) is 23.1 Å². The van der Waals surface area contributed by atoms with Crippen molar-refractivity contribution in [3.8, 4) is 0 Å². The van der Waals surface area contributed by atoms with E-state index in [-0.39, 0.29) is 10.8 Å². The maximum atomic E-state index is 12.7. The fourth-order valence-corrected chi connectivity index (χ4v) is 5.01. The van der Waals surface area contributed by atoms with Crippen LogP contribution in [0.25, 0.3) is 0 Å². The fraction of sp³-hybridized carbons (Fsp3) is 0.421. The van der Waals surface area contributed by atoms with Crippen molar-refractivity contribution in [2.45, 2.75) is 43.8 Å². The van der Waals surface area contributed by atoms with Gasteiger partial charge in [0.2, 0.25) is 11.8 Å². The number of nitrogens with zero attached hydrogens (tertiary/aromatic N) is 1. The number of carbonyl (C=O) groups is 2. The Morgan fingerprint density at radius 1 is 1.10 bits per heavy atom. The van der Waals surface area contributed by atoms with Crippen LogP contribution >= 0.6 is 0 Å². The zero-order valence-electron chi connectivity index (χ0n) is 16.3. The molecule has 0 saturated carbocycles. The number of benzene rings is 1. The molecular weight excluding hydrogens is 414 g/mol. The van der Waals surface area contributed by atoms with Crippen LogP contribution in [0, 0.1) is 25.7 Å². The molecule has 0 unspecified atom stereocenters. The third-order valence-electron chi connectivity index (χ3n) is 5.68.